The number of nitrogens with zero attached hydrogens (tertiary/aromatic N) is 1. The zero-order valence-electron chi connectivity index (χ0n) is 12.4. The third-order valence-corrected chi connectivity index (χ3v) is 4.14. The van der Waals surface area contributed by atoms with Crippen LogP contribution < -0.4 is 10.6 Å². The lowest BCUT2D eigenvalue weighted by molar-refractivity contribution is 0.0602. The third-order valence-electron chi connectivity index (χ3n) is 4.14. The number of hydrogen-bond donors (Lipinski definition) is 1. The van der Waals surface area contributed by atoms with Crippen LogP contribution in [0.3, 0.4) is 0 Å². The number of anilines is 2. The van der Waals surface area contributed by atoms with Crippen LogP contribution in [0.4, 0.5) is 11.4 Å². The SMILES string of the molecule is COC(=O)c1cc(N(C)CC2CCCCC2)ccc1N. The van der Waals surface area contributed by atoms with Gasteiger partial charge in [0, 0.05) is 25.0 Å². The van der Waals surface area contributed by atoms with Gasteiger partial charge < -0.3 is 15.4 Å². The summed E-state index contributed by atoms with van der Waals surface area (Å²) < 4.78 is 4.76. The van der Waals surface area contributed by atoms with Gasteiger partial charge in [-0.2, -0.15) is 0 Å². The minimum Gasteiger partial charge on any atom is -0.465 e. The Labute approximate surface area is 120 Å². The molecule has 0 bridgehead atoms. The van der Waals surface area contributed by atoms with Gasteiger partial charge in [0.2, 0.25) is 0 Å². The van der Waals surface area contributed by atoms with Gasteiger partial charge in [-0.05, 0) is 37.0 Å². The Morgan fingerprint density at radius 1 is 1.35 bits per heavy atom. The molecule has 0 amide bonds. The van der Waals surface area contributed by atoms with Gasteiger partial charge >= 0.3 is 5.97 Å². The van der Waals surface area contributed by atoms with Crippen LogP contribution in [0.2, 0.25) is 0 Å². The zero-order chi connectivity index (χ0) is 14.5. The molecular formula is C16H24N2O2. The van der Waals surface area contributed by atoms with Crippen LogP contribution in [-0.4, -0.2) is 26.7 Å². The van der Waals surface area contributed by atoms with Crippen LogP contribution in [0.25, 0.3) is 0 Å². The highest BCUT2D eigenvalue weighted by Gasteiger charge is 2.17. The Kier molecular flexibility index (Phi) is 4.88. The maximum Gasteiger partial charge on any atom is 0.340 e. The van der Waals surface area contributed by atoms with E-state index in [1.54, 1.807) is 6.07 Å². The van der Waals surface area contributed by atoms with Gasteiger partial charge in [-0.15, -0.1) is 0 Å². The summed E-state index contributed by atoms with van der Waals surface area (Å²) in [6, 6.07) is 5.56. The molecule has 0 aromatic heterocycles. The Morgan fingerprint density at radius 3 is 2.70 bits per heavy atom. The van der Waals surface area contributed by atoms with Crippen LogP contribution in [0.15, 0.2) is 18.2 Å². The van der Waals surface area contributed by atoms with Gasteiger partial charge in [0.05, 0.1) is 12.7 Å². The molecule has 0 saturated heterocycles. The molecule has 2 rings (SSSR count). The molecule has 1 aliphatic carbocycles. The van der Waals surface area contributed by atoms with Gasteiger partial charge in [0.1, 0.15) is 0 Å². The highest BCUT2D eigenvalue weighted by molar-refractivity contribution is 5.96. The van der Waals surface area contributed by atoms with Crippen molar-refractivity contribution < 1.29 is 9.53 Å². The quantitative estimate of drug-likeness (QED) is 0.678. The summed E-state index contributed by atoms with van der Waals surface area (Å²) in [5.74, 6) is 0.378. The molecular weight excluding hydrogens is 252 g/mol. The summed E-state index contributed by atoms with van der Waals surface area (Å²) in [5, 5.41) is 0. The van der Waals surface area contributed by atoms with Crippen molar-refractivity contribution >= 4 is 17.3 Å². The average molecular weight is 276 g/mol. The highest BCUT2D eigenvalue weighted by Crippen LogP contribution is 2.27. The maximum atomic E-state index is 11.7. The Hall–Kier alpha value is -1.71. The normalized spacial score (nSPS) is 15.9. The fourth-order valence-corrected chi connectivity index (χ4v) is 2.93. The predicted octanol–water partition coefficient (Wildman–Crippen LogP) is 3.07. The first-order valence-corrected chi connectivity index (χ1v) is 7.30. The van der Waals surface area contributed by atoms with Crippen molar-refractivity contribution in [3.05, 3.63) is 23.8 Å². The van der Waals surface area contributed by atoms with E-state index >= 15 is 0 Å². The predicted molar refractivity (Wildman–Crippen MR) is 82.0 cm³/mol. The number of nitrogens with two attached hydrogens (primary N) is 1. The van der Waals surface area contributed by atoms with E-state index < -0.39 is 0 Å². The van der Waals surface area contributed by atoms with Crippen LogP contribution in [0, 0.1) is 5.92 Å². The van der Waals surface area contributed by atoms with Crippen LogP contribution in [-0.2, 0) is 4.74 Å². The number of nitrogen functional groups attached to an aromatic ring is 1. The Balaban J connectivity index is 2.09. The summed E-state index contributed by atoms with van der Waals surface area (Å²) >= 11 is 0. The second kappa shape index (κ2) is 6.64. The monoisotopic (exact) mass is 276 g/mol. The molecule has 20 heavy (non-hydrogen) atoms. The summed E-state index contributed by atoms with van der Waals surface area (Å²) in [4.78, 5) is 13.9. The van der Waals surface area contributed by atoms with Crippen LogP contribution in [0.5, 0.6) is 0 Å². The fraction of sp³-hybridized carbons (Fsp3) is 0.562. The minimum atomic E-state index is -0.379. The second-order valence-electron chi connectivity index (χ2n) is 5.65. The van der Waals surface area contributed by atoms with Crippen molar-refractivity contribution in [2.75, 3.05) is 31.3 Å². The molecule has 1 aliphatic rings. The summed E-state index contributed by atoms with van der Waals surface area (Å²) in [6.07, 6.45) is 6.67. The van der Waals surface area contributed by atoms with Gasteiger partial charge in [-0.25, -0.2) is 4.79 Å². The molecule has 110 valence electrons. The number of hydrogen-bond acceptors (Lipinski definition) is 4. The number of benzene rings is 1. The van der Waals surface area contributed by atoms with Gasteiger partial charge in [0.25, 0.3) is 0 Å². The lowest BCUT2D eigenvalue weighted by Gasteiger charge is -2.28. The fourth-order valence-electron chi connectivity index (χ4n) is 2.93. The molecule has 0 atom stereocenters. The van der Waals surface area contributed by atoms with E-state index in [0.29, 0.717) is 11.3 Å². The molecule has 0 heterocycles. The lowest BCUT2D eigenvalue weighted by atomic mass is 9.89. The standard InChI is InChI=1S/C16H24N2O2/c1-18(11-12-6-4-3-5-7-12)13-8-9-15(17)14(10-13)16(19)20-2/h8-10,12H,3-7,11,17H2,1-2H3. The Morgan fingerprint density at radius 2 is 2.05 bits per heavy atom. The second-order valence-corrected chi connectivity index (χ2v) is 5.65. The van der Waals surface area contributed by atoms with Crippen LogP contribution >= 0.6 is 0 Å². The molecule has 1 aromatic carbocycles. The van der Waals surface area contributed by atoms with E-state index in [1.807, 2.05) is 12.1 Å². The molecule has 4 nitrogen and oxygen atoms in total. The molecule has 0 radical (unpaired) electrons. The maximum absolute atomic E-state index is 11.7. The molecule has 0 spiro atoms. The molecule has 4 heteroatoms. The van der Waals surface area contributed by atoms with Crippen molar-refractivity contribution in [1.82, 2.24) is 0 Å². The summed E-state index contributed by atoms with van der Waals surface area (Å²) in [7, 11) is 3.45. The van der Waals surface area contributed by atoms with Gasteiger partial charge in [-0.3, -0.25) is 0 Å². The first-order chi connectivity index (χ1) is 9.61. The number of esters is 1. The first kappa shape index (κ1) is 14.7. The lowest BCUT2D eigenvalue weighted by Crippen LogP contribution is -2.27. The molecule has 1 saturated carbocycles. The van der Waals surface area contributed by atoms with Crippen molar-refractivity contribution in [2.24, 2.45) is 5.92 Å². The van der Waals surface area contributed by atoms with Gasteiger partial charge in [0.15, 0.2) is 0 Å². The first-order valence-electron chi connectivity index (χ1n) is 7.30. The van der Waals surface area contributed by atoms with E-state index in [2.05, 4.69) is 11.9 Å². The number of methoxy groups -OCH3 is 1. The van der Waals surface area contributed by atoms with E-state index in [1.165, 1.54) is 39.2 Å². The summed E-state index contributed by atoms with van der Waals surface area (Å²) in [6.45, 7) is 1.03. The minimum absolute atomic E-state index is 0.379. The van der Waals surface area contributed by atoms with Crippen molar-refractivity contribution in [3.8, 4) is 0 Å². The topological polar surface area (TPSA) is 55.6 Å². The van der Waals surface area contributed by atoms with Crippen molar-refractivity contribution in [2.45, 2.75) is 32.1 Å². The van der Waals surface area contributed by atoms with E-state index in [9.17, 15) is 4.79 Å². The van der Waals surface area contributed by atoms with Crippen molar-refractivity contribution in [1.29, 1.82) is 0 Å². The Bertz CT molecular complexity index is 468. The van der Waals surface area contributed by atoms with Crippen LogP contribution in [0.1, 0.15) is 42.5 Å². The molecule has 1 fully saturated rings. The van der Waals surface area contributed by atoms with E-state index in [-0.39, 0.29) is 5.97 Å². The molecule has 0 unspecified atom stereocenters. The molecule has 2 N–H and O–H groups in total. The number of carbonyl (C=O) groups is 1. The van der Waals surface area contributed by atoms with E-state index in [0.717, 1.165) is 18.2 Å². The van der Waals surface area contributed by atoms with Gasteiger partial charge in [-0.1, -0.05) is 19.3 Å². The van der Waals surface area contributed by atoms with E-state index in [4.69, 9.17) is 10.5 Å². The number of carbonyl (C=O) groups excluding carboxylic acids is 1. The third kappa shape index (κ3) is 3.44. The smallest absolute Gasteiger partial charge is 0.340 e. The molecule has 1 aromatic rings. The zero-order valence-corrected chi connectivity index (χ0v) is 12.4. The molecule has 0 aliphatic heterocycles. The van der Waals surface area contributed by atoms with Crippen molar-refractivity contribution in [3.63, 3.8) is 0 Å². The largest absolute Gasteiger partial charge is 0.465 e. The average Bonchev–Trinajstić information content (AvgIpc) is 2.48. The number of rotatable bonds is 4. The summed E-state index contributed by atoms with van der Waals surface area (Å²) in [5.41, 5.74) is 7.76. The number of ether oxygens (including phenoxy) is 1. The highest BCUT2D eigenvalue weighted by atomic mass is 16.5.